The van der Waals surface area contributed by atoms with E-state index in [1.54, 1.807) is 12.4 Å². The van der Waals surface area contributed by atoms with E-state index in [0.717, 1.165) is 30.5 Å². The van der Waals surface area contributed by atoms with Crippen LogP contribution >= 0.6 is 0 Å². The van der Waals surface area contributed by atoms with E-state index in [-0.39, 0.29) is 23.3 Å². The number of anilines is 1. The third kappa shape index (κ3) is 3.86. The molecule has 1 aromatic heterocycles. The Kier molecular flexibility index (Phi) is 5.03. The molecule has 1 aromatic carbocycles. The maximum absolute atomic E-state index is 12.6. The van der Waals surface area contributed by atoms with Gasteiger partial charge in [0.15, 0.2) is 0 Å². The van der Waals surface area contributed by atoms with Crippen molar-refractivity contribution < 1.29 is 9.59 Å². The first-order valence-corrected chi connectivity index (χ1v) is 9.91. The second-order valence-electron chi connectivity index (χ2n) is 7.85. The normalized spacial score (nSPS) is 22.9. The van der Waals surface area contributed by atoms with Crippen molar-refractivity contribution in [2.45, 2.75) is 32.7 Å². The maximum Gasteiger partial charge on any atom is 0.321 e. The summed E-state index contributed by atoms with van der Waals surface area (Å²) in [6, 6.07) is 11.7. The summed E-state index contributed by atoms with van der Waals surface area (Å²) in [4.78, 5) is 31.1. The first kappa shape index (κ1) is 18.5. The Morgan fingerprint density at radius 1 is 1.25 bits per heavy atom. The Morgan fingerprint density at radius 3 is 2.89 bits per heavy atom. The summed E-state index contributed by atoms with van der Waals surface area (Å²) in [7, 11) is 0. The van der Waals surface area contributed by atoms with Crippen LogP contribution in [0.4, 0.5) is 10.5 Å². The molecule has 4 rings (SSSR count). The minimum absolute atomic E-state index is 0.00499. The SMILES string of the molecule is CCc1cccc(NC(=O)N2CC[C@@]3(C[C@@H]3C(=O)NCc3cccnc3)C2)c1. The summed E-state index contributed by atoms with van der Waals surface area (Å²) >= 11 is 0. The number of aryl methyl sites for hydroxylation is 1. The van der Waals surface area contributed by atoms with E-state index >= 15 is 0 Å². The van der Waals surface area contributed by atoms with Crippen LogP contribution in [0.25, 0.3) is 0 Å². The van der Waals surface area contributed by atoms with Crippen molar-refractivity contribution in [2.75, 3.05) is 18.4 Å². The molecule has 3 amide bonds. The highest BCUT2D eigenvalue weighted by Gasteiger charge is 2.61. The van der Waals surface area contributed by atoms with Gasteiger partial charge in [0.1, 0.15) is 0 Å². The van der Waals surface area contributed by atoms with Gasteiger partial charge in [0, 0.05) is 49.0 Å². The highest BCUT2D eigenvalue weighted by Crippen LogP contribution is 2.58. The third-order valence-electron chi connectivity index (χ3n) is 5.95. The molecule has 2 aliphatic rings. The largest absolute Gasteiger partial charge is 0.352 e. The van der Waals surface area contributed by atoms with Crippen molar-refractivity contribution in [1.82, 2.24) is 15.2 Å². The van der Waals surface area contributed by atoms with Crippen LogP contribution in [-0.2, 0) is 17.8 Å². The number of nitrogens with one attached hydrogen (secondary N) is 2. The minimum Gasteiger partial charge on any atom is -0.352 e. The summed E-state index contributed by atoms with van der Waals surface area (Å²) in [6.45, 7) is 3.94. The van der Waals surface area contributed by atoms with Gasteiger partial charge in [-0.3, -0.25) is 9.78 Å². The van der Waals surface area contributed by atoms with Crippen molar-refractivity contribution in [3.63, 3.8) is 0 Å². The van der Waals surface area contributed by atoms with Crippen molar-refractivity contribution in [2.24, 2.45) is 11.3 Å². The van der Waals surface area contributed by atoms with Gasteiger partial charge in [0.05, 0.1) is 0 Å². The predicted molar refractivity (Wildman–Crippen MR) is 108 cm³/mol. The molecule has 146 valence electrons. The molecule has 28 heavy (non-hydrogen) atoms. The topological polar surface area (TPSA) is 74.3 Å². The number of carbonyl (C=O) groups excluding carboxylic acids is 2. The number of amides is 3. The van der Waals surface area contributed by atoms with Gasteiger partial charge in [-0.15, -0.1) is 0 Å². The molecule has 2 aromatic rings. The number of pyridine rings is 1. The zero-order valence-corrected chi connectivity index (χ0v) is 16.1. The molecule has 0 unspecified atom stereocenters. The van der Waals surface area contributed by atoms with Crippen molar-refractivity contribution in [1.29, 1.82) is 0 Å². The van der Waals surface area contributed by atoms with Crippen LogP contribution in [0.3, 0.4) is 0 Å². The van der Waals surface area contributed by atoms with E-state index in [4.69, 9.17) is 0 Å². The van der Waals surface area contributed by atoms with Gasteiger partial charge in [-0.25, -0.2) is 4.79 Å². The maximum atomic E-state index is 12.6. The summed E-state index contributed by atoms with van der Waals surface area (Å²) in [5.74, 6) is 0.0900. The average Bonchev–Trinajstić information content (AvgIpc) is 3.26. The lowest BCUT2D eigenvalue weighted by Gasteiger charge is -2.18. The Labute approximate surface area is 165 Å². The molecular weight excluding hydrogens is 352 g/mol. The molecule has 1 aliphatic heterocycles. The van der Waals surface area contributed by atoms with Gasteiger partial charge in [-0.1, -0.05) is 25.1 Å². The lowest BCUT2D eigenvalue weighted by Crippen LogP contribution is -2.34. The standard InChI is InChI=1S/C22H26N4O2/c1-2-16-5-3-7-18(11-16)25-21(28)26-10-8-22(15-26)12-19(22)20(27)24-14-17-6-4-9-23-13-17/h3-7,9,11,13,19H,2,8,10,12,14-15H2,1H3,(H,24,27)(H,25,28)/t19-,22-/m1/s1. The van der Waals surface area contributed by atoms with Gasteiger partial charge in [-0.2, -0.15) is 0 Å². The summed E-state index contributed by atoms with van der Waals surface area (Å²) in [5, 5.41) is 6.00. The summed E-state index contributed by atoms with van der Waals surface area (Å²) in [6.07, 6.45) is 6.17. The Bertz CT molecular complexity index is 870. The molecule has 6 nitrogen and oxygen atoms in total. The molecule has 0 bridgehead atoms. The number of urea groups is 1. The number of hydrogen-bond donors (Lipinski definition) is 2. The molecule has 1 saturated heterocycles. The van der Waals surface area contributed by atoms with Gasteiger partial charge in [0.25, 0.3) is 0 Å². The summed E-state index contributed by atoms with van der Waals surface area (Å²) in [5.41, 5.74) is 2.98. The molecule has 2 fully saturated rings. The van der Waals surface area contributed by atoms with Crippen LogP contribution < -0.4 is 10.6 Å². The number of hydrogen-bond acceptors (Lipinski definition) is 3. The molecule has 1 spiro atoms. The van der Waals surface area contributed by atoms with E-state index in [1.165, 1.54) is 5.56 Å². The third-order valence-corrected chi connectivity index (χ3v) is 5.95. The molecule has 1 aliphatic carbocycles. The van der Waals surface area contributed by atoms with E-state index in [9.17, 15) is 9.59 Å². The molecule has 2 atom stereocenters. The molecule has 0 radical (unpaired) electrons. The minimum atomic E-state index is -0.0773. The quantitative estimate of drug-likeness (QED) is 0.839. The van der Waals surface area contributed by atoms with E-state index in [2.05, 4.69) is 28.6 Å². The second kappa shape index (κ2) is 7.62. The van der Waals surface area contributed by atoms with Crippen LogP contribution in [0.15, 0.2) is 48.8 Å². The first-order chi connectivity index (χ1) is 13.6. The van der Waals surface area contributed by atoms with E-state index in [0.29, 0.717) is 19.6 Å². The van der Waals surface area contributed by atoms with Gasteiger partial charge >= 0.3 is 6.03 Å². The Morgan fingerprint density at radius 2 is 2.11 bits per heavy atom. The number of likely N-dealkylation sites (tertiary alicyclic amines) is 1. The lowest BCUT2D eigenvalue weighted by molar-refractivity contribution is -0.123. The van der Waals surface area contributed by atoms with E-state index in [1.807, 2.05) is 35.2 Å². The highest BCUT2D eigenvalue weighted by atomic mass is 16.2. The fraction of sp³-hybridized carbons (Fsp3) is 0.409. The number of carbonyl (C=O) groups is 2. The van der Waals surface area contributed by atoms with Gasteiger partial charge in [0.2, 0.25) is 5.91 Å². The smallest absolute Gasteiger partial charge is 0.321 e. The molecule has 1 saturated carbocycles. The number of aromatic nitrogens is 1. The van der Waals surface area contributed by atoms with E-state index < -0.39 is 0 Å². The second-order valence-corrected chi connectivity index (χ2v) is 7.85. The Balaban J connectivity index is 1.29. The number of benzene rings is 1. The van der Waals surface area contributed by atoms with Crippen molar-refractivity contribution >= 4 is 17.6 Å². The average molecular weight is 378 g/mol. The van der Waals surface area contributed by atoms with Gasteiger partial charge in [-0.05, 0) is 48.6 Å². The van der Waals surface area contributed by atoms with Gasteiger partial charge < -0.3 is 15.5 Å². The Hall–Kier alpha value is -2.89. The van der Waals surface area contributed by atoms with Crippen LogP contribution in [0, 0.1) is 11.3 Å². The predicted octanol–water partition coefficient (Wildman–Crippen LogP) is 3.20. The van der Waals surface area contributed by atoms with Crippen molar-refractivity contribution in [3.8, 4) is 0 Å². The number of rotatable bonds is 5. The molecule has 2 N–H and O–H groups in total. The zero-order valence-electron chi connectivity index (χ0n) is 16.1. The zero-order chi connectivity index (χ0) is 19.6. The van der Waals surface area contributed by atoms with Crippen LogP contribution in [0.2, 0.25) is 0 Å². The van der Waals surface area contributed by atoms with Crippen LogP contribution in [0.1, 0.15) is 30.9 Å². The summed E-state index contributed by atoms with van der Waals surface area (Å²) < 4.78 is 0. The fourth-order valence-corrected chi connectivity index (χ4v) is 4.13. The highest BCUT2D eigenvalue weighted by molar-refractivity contribution is 5.90. The lowest BCUT2D eigenvalue weighted by atomic mass is 10.0. The molecule has 2 heterocycles. The van der Waals surface area contributed by atoms with Crippen LogP contribution in [0.5, 0.6) is 0 Å². The van der Waals surface area contributed by atoms with Crippen molar-refractivity contribution in [3.05, 3.63) is 59.9 Å². The number of nitrogens with zero attached hydrogens (tertiary/aromatic N) is 2. The molecule has 6 heteroatoms. The molecular formula is C22H26N4O2. The monoisotopic (exact) mass is 378 g/mol. The fourth-order valence-electron chi connectivity index (χ4n) is 4.13. The first-order valence-electron chi connectivity index (χ1n) is 9.91. The van der Waals surface area contributed by atoms with Crippen LogP contribution in [-0.4, -0.2) is 34.9 Å².